The van der Waals surface area contributed by atoms with Crippen molar-refractivity contribution in [3.8, 4) is 0 Å². The van der Waals surface area contributed by atoms with E-state index >= 15 is 0 Å². The molecule has 0 spiro atoms. The van der Waals surface area contributed by atoms with Gasteiger partial charge in [-0.1, -0.05) is 12.6 Å². The van der Waals surface area contributed by atoms with Crippen molar-refractivity contribution in [2.75, 3.05) is 52.2 Å². The molecule has 0 amide bonds. The molecular formula is C19H27N5O. The van der Waals surface area contributed by atoms with Crippen LogP contribution in [0.2, 0.25) is 0 Å². The Labute approximate surface area is 149 Å². The van der Waals surface area contributed by atoms with Crippen molar-refractivity contribution >= 4 is 22.5 Å². The fourth-order valence-electron chi connectivity index (χ4n) is 3.23. The minimum Gasteiger partial charge on any atom is -0.497 e. The largest absolute Gasteiger partial charge is 0.497 e. The number of anilines is 1. The predicted molar refractivity (Wildman–Crippen MR) is 103 cm³/mol. The number of benzene rings is 1. The number of aromatic nitrogens is 2. The number of ether oxygens (including phenoxy) is 1. The average Bonchev–Trinajstić information content (AvgIpc) is 2.63. The fraction of sp³-hybridized carbons (Fsp3) is 0.474. The standard InChI is InChI=1S/C19H27N5O/c1-14(12-24-10-8-23(3)9-11-24)22-19-17-7-5-6-16(15(2)25-4)18(17)20-13-21-19/h5-7,13-14H,2,8-12H2,1,3-4H3,(H,20,21,22). The first-order valence-corrected chi connectivity index (χ1v) is 8.73. The van der Waals surface area contributed by atoms with Gasteiger partial charge < -0.3 is 15.0 Å². The molecule has 0 saturated carbocycles. The Balaban J connectivity index is 1.76. The summed E-state index contributed by atoms with van der Waals surface area (Å²) in [4.78, 5) is 13.8. The molecule has 1 saturated heterocycles. The minimum absolute atomic E-state index is 0.302. The van der Waals surface area contributed by atoms with E-state index in [2.05, 4.69) is 45.6 Å². The Morgan fingerprint density at radius 2 is 2.04 bits per heavy atom. The summed E-state index contributed by atoms with van der Waals surface area (Å²) in [6, 6.07) is 6.29. The molecule has 2 heterocycles. The summed E-state index contributed by atoms with van der Waals surface area (Å²) < 4.78 is 5.29. The van der Waals surface area contributed by atoms with Gasteiger partial charge in [-0.2, -0.15) is 0 Å². The maximum absolute atomic E-state index is 5.29. The first-order chi connectivity index (χ1) is 12.1. The highest BCUT2D eigenvalue weighted by atomic mass is 16.5. The van der Waals surface area contributed by atoms with Crippen molar-refractivity contribution < 1.29 is 4.74 Å². The van der Waals surface area contributed by atoms with Crippen LogP contribution in [0.1, 0.15) is 12.5 Å². The van der Waals surface area contributed by atoms with Crippen molar-refractivity contribution in [2.24, 2.45) is 0 Å². The topological polar surface area (TPSA) is 53.5 Å². The highest BCUT2D eigenvalue weighted by molar-refractivity contribution is 5.95. The number of rotatable bonds is 6. The summed E-state index contributed by atoms with van der Waals surface area (Å²) in [5.74, 6) is 1.47. The van der Waals surface area contributed by atoms with E-state index in [1.807, 2.05) is 18.2 Å². The third-order valence-electron chi connectivity index (χ3n) is 4.72. The molecule has 6 nitrogen and oxygen atoms in total. The number of fused-ring (bicyclic) bond motifs is 1. The Morgan fingerprint density at radius 3 is 2.76 bits per heavy atom. The average molecular weight is 341 g/mol. The number of hydrogen-bond acceptors (Lipinski definition) is 6. The van der Waals surface area contributed by atoms with E-state index in [0.29, 0.717) is 11.8 Å². The summed E-state index contributed by atoms with van der Waals surface area (Å²) in [5.41, 5.74) is 1.76. The van der Waals surface area contributed by atoms with Gasteiger partial charge in [0.05, 0.1) is 12.6 Å². The third-order valence-corrected chi connectivity index (χ3v) is 4.72. The molecule has 1 fully saturated rings. The maximum atomic E-state index is 5.29. The van der Waals surface area contributed by atoms with Gasteiger partial charge >= 0.3 is 0 Å². The molecule has 3 rings (SSSR count). The molecule has 0 aliphatic carbocycles. The second kappa shape index (κ2) is 7.80. The molecule has 1 aliphatic heterocycles. The van der Waals surface area contributed by atoms with E-state index in [0.717, 1.165) is 55.0 Å². The van der Waals surface area contributed by atoms with E-state index in [-0.39, 0.29) is 0 Å². The zero-order chi connectivity index (χ0) is 17.8. The molecule has 134 valence electrons. The van der Waals surface area contributed by atoms with E-state index in [1.165, 1.54) is 0 Å². The third kappa shape index (κ3) is 4.08. The first kappa shape index (κ1) is 17.6. The van der Waals surface area contributed by atoms with Gasteiger partial charge in [-0.05, 0) is 26.1 Å². The van der Waals surface area contributed by atoms with Gasteiger partial charge in [-0.25, -0.2) is 9.97 Å². The van der Waals surface area contributed by atoms with Crippen molar-refractivity contribution in [2.45, 2.75) is 13.0 Å². The van der Waals surface area contributed by atoms with Gasteiger partial charge in [0.25, 0.3) is 0 Å². The number of likely N-dealkylation sites (N-methyl/N-ethyl adjacent to an activating group) is 1. The summed E-state index contributed by atoms with van der Waals surface area (Å²) >= 11 is 0. The molecule has 6 heteroatoms. The van der Waals surface area contributed by atoms with E-state index in [9.17, 15) is 0 Å². The second-order valence-corrected chi connectivity index (χ2v) is 6.70. The van der Waals surface area contributed by atoms with Crippen molar-refractivity contribution in [1.29, 1.82) is 0 Å². The molecule has 1 aromatic carbocycles. The van der Waals surface area contributed by atoms with Gasteiger partial charge in [0.1, 0.15) is 17.9 Å². The molecule has 0 radical (unpaired) electrons. The lowest BCUT2D eigenvalue weighted by atomic mass is 10.1. The summed E-state index contributed by atoms with van der Waals surface area (Å²) in [6.07, 6.45) is 1.60. The Bertz CT molecular complexity index is 740. The van der Waals surface area contributed by atoms with Crippen molar-refractivity contribution in [1.82, 2.24) is 19.8 Å². The first-order valence-electron chi connectivity index (χ1n) is 8.73. The fourth-order valence-corrected chi connectivity index (χ4v) is 3.23. The smallest absolute Gasteiger partial charge is 0.137 e. The quantitative estimate of drug-likeness (QED) is 0.814. The molecule has 1 aromatic heterocycles. The molecular weight excluding hydrogens is 314 g/mol. The normalized spacial score (nSPS) is 17.4. The summed E-state index contributed by atoms with van der Waals surface area (Å²) in [6.45, 7) is 11.6. The molecule has 25 heavy (non-hydrogen) atoms. The minimum atomic E-state index is 0.302. The lowest BCUT2D eigenvalue weighted by molar-refractivity contribution is 0.151. The van der Waals surface area contributed by atoms with Crippen LogP contribution in [0.25, 0.3) is 16.7 Å². The molecule has 1 atom stereocenters. The SMILES string of the molecule is C=C(OC)c1cccc2c(NC(C)CN3CCN(C)CC3)ncnc12. The molecule has 1 N–H and O–H groups in total. The number of hydrogen-bond donors (Lipinski definition) is 1. The van der Waals surface area contributed by atoms with E-state index in [1.54, 1.807) is 13.4 Å². The van der Waals surface area contributed by atoms with Gasteiger partial charge in [-0.3, -0.25) is 4.90 Å². The highest BCUT2D eigenvalue weighted by Gasteiger charge is 2.17. The molecule has 1 unspecified atom stereocenters. The summed E-state index contributed by atoms with van der Waals surface area (Å²) in [5, 5.41) is 4.54. The van der Waals surface area contributed by atoms with Crippen LogP contribution in [0.4, 0.5) is 5.82 Å². The number of methoxy groups -OCH3 is 1. The number of nitrogens with zero attached hydrogens (tertiary/aromatic N) is 4. The van der Waals surface area contributed by atoms with Crippen LogP contribution in [-0.2, 0) is 4.74 Å². The van der Waals surface area contributed by atoms with E-state index < -0.39 is 0 Å². The number of nitrogens with one attached hydrogen (secondary N) is 1. The Morgan fingerprint density at radius 1 is 1.28 bits per heavy atom. The maximum Gasteiger partial charge on any atom is 0.137 e. The Hall–Kier alpha value is -2.18. The predicted octanol–water partition coefficient (Wildman–Crippen LogP) is 2.29. The van der Waals surface area contributed by atoms with Crippen LogP contribution in [0.15, 0.2) is 31.1 Å². The highest BCUT2D eigenvalue weighted by Crippen LogP contribution is 2.26. The van der Waals surface area contributed by atoms with Gasteiger partial charge in [-0.15, -0.1) is 0 Å². The summed E-state index contributed by atoms with van der Waals surface area (Å²) in [7, 11) is 3.80. The van der Waals surface area contributed by atoms with Gasteiger partial charge in [0, 0.05) is 49.7 Å². The van der Waals surface area contributed by atoms with Crippen molar-refractivity contribution in [3.05, 3.63) is 36.7 Å². The van der Waals surface area contributed by atoms with Gasteiger partial charge in [0.15, 0.2) is 0 Å². The van der Waals surface area contributed by atoms with Crippen LogP contribution in [-0.4, -0.2) is 72.7 Å². The molecule has 0 bridgehead atoms. The number of para-hydroxylation sites is 1. The monoisotopic (exact) mass is 341 g/mol. The number of piperazine rings is 1. The zero-order valence-corrected chi connectivity index (χ0v) is 15.3. The van der Waals surface area contributed by atoms with Crippen LogP contribution >= 0.6 is 0 Å². The lowest BCUT2D eigenvalue weighted by Crippen LogP contribution is -2.47. The van der Waals surface area contributed by atoms with Crippen molar-refractivity contribution in [3.63, 3.8) is 0 Å². The van der Waals surface area contributed by atoms with Crippen LogP contribution in [0, 0.1) is 0 Å². The zero-order valence-electron chi connectivity index (χ0n) is 15.3. The van der Waals surface area contributed by atoms with E-state index in [4.69, 9.17) is 4.74 Å². The van der Waals surface area contributed by atoms with Crippen LogP contribution in [0.3, 0.4) is 0 Å². The van der Waals surface area contributed by atoms with Crippen LogP contribution in [0.5, 0.6) is 0 Å². The lowest BCUT2D eigenvalue weighted by Gasteiger charge is -2.34. The van der Waals surface area contributed by atoms with Gasteiger partial charge in [0.2, 0.25) is 0 Å². The molecule has 1 aliphatic rings. The second-order valence-electron chi connectivity index (χ2n) is 6.70. The Kier molecular flexibility index (Phi) is 5.50. The molecule has 2 aromatic rings. The van der Waals surface area contributed by atoms with Crippen LogP contribution < -0.4 is 5.32 Å².